The van der Waals surface area contributed by atoms with E-state index in [9.17, 15) is 4.79 Å². The highest BCUT2D eigenvalue weighted by molar-refractivity contribution is 9.10. The van der Waals surface area contributed by atoms with Crippen LogP contribution in [-0.2, 0) is 9.47 Å². The van der Waals surface area contributed by atoms with Crippen molar-refractivity contribution in [3.8, 4) is 0 Å². The first-order valence-corrected chi connectivity index (χ1v) is 7.49. The number of Topliss-reactive ketones (excluding diaryl/α,β-unsaturated/α-hetero) is 1. The molecule has 3 rings (SSSR count). The zero-order chi connectivity index (χ0) is 13.3. The minimum Gasteiger partial charge on any atom is -0.446 e. The number of rotatable bonds is 2. The van der Waals surface area contributed by atoms with E-state index in [2.05, 4.69) is 15.9 Å². The smallest absolute Gasteiger partial charge is 0.201 e. The molecule has 1 aromatic heterocycles. The molecule has 2 fully saturated rings. The van der Waals surface area contributed by atoms with Crippen molar-refractivity contribution >= 4 is 21.7 Å². The number of furan rings is 1. The highest BCUT2D eigenvalue weighted by Crippen LogP contribution is 2.38. The Morgan fingerprint density at radius 2 is 2.05 bits per heavy atom. The van der Waals surface area contributed by atoms with Crippen molar-refractivity contribution < 1.29 is 18.7 Å². The number of halogens is 1. The molecule has 0 amide bonds. The van der Waals surface area contributed by atoms with Gasteiger partial charge in [0, 0.05) is 25.7 Å². The molecule has 0 bridgehead atoms. The molecule has 4 nitrogen and oxygen atoms in total. The highest BCUT2D eigenvalue weighted by atomic mass is 79.9. The number of ketones is 1. The number of carbonyl (C=O) groups excluding carboxylic acids is 1. The van der Waals surface area contributed by atoms with Crippen LogP contribution in [0, 0.1) is 5.92 Å². The Kier molecular flexibility index (Phi) is 3.78. The summed E-state index contributed by atoms with van der Waals surface area (Å²) in [5.74, 6) is 0.547. The molecular formula is C14H17BrO4. The lowest BCUT2D eigenvalue weighted by Gasteiger charge is -2.42. The predicted octanol–water partition coefficient (Wildman–Crippen LogP) is 3.20. The van der Waals surface area contributed by atoms with Gasteiger partial charge in [0.15, 0.2) is 10.4 Å². The van der Waals surface area contributed by atoms with E-state index in [-0.39, 0.29) is 17.3 Å². The van der Waals surface area contributed by atoms with Crippen molar-refractivity contribution in [2.75, 3.05) is 19.8 Å². The Morgan fingerprint density at radius 1 is 1.26 bits per heavy atom. The van der Waals surface area contributed by atoms with Crippen molar-refractivity contribution in [3.63, 3.8) is 0 Å². The van der Waals surface area contributed by atoms with Gasteiger partial charge in [0.25, 0.3) is 0 Å². The normalized spacial score (nSPS) is 26.5. The first kappa shape index (κ1) is 13.3. The molecule has 0 radical (unpaired) electrons. The molecule has 2 saturated heterocycles. The minimum absolute atomic E-state index is 0.00454. The van der Waals surface area contributed by atoms with E-state index in [0.717, 1.165) is 38.9 Å². The zero-order valence-corrected chi connectivity index (χ0v) is 12.3. The van der Waals surface area contributed by atoms with E-state index in [1.165, 1.54) is 0 Å². The number of hydrogen-bond donors (Lipinski definition) is 0. The summed E-state index contributed by atoms with van der Waals surface area (Å²) < 4.78 is 17.3. The predicted molar refractivity (Wildman–Crippen MR) is 72.2 cm³/mol. The Bertz CT molecular complexity index is 456. The van der Waals surface area contributed by atoms with Crippen LogP contribution in [0.3, 0.4) is 0 Å². The van der Waals surface area contributed by atoms with Crippen LogP contribution in [0.2, 0.25) is 0 Å². The number of carbonyl (C=O) groups is 1. The first-order valence-electron chi connectivity index (χ1n) is 6.70. The number of hydrogen-bond acceptors (Lipinski definition) is 4. The summed E-state index contributed by atoms with van der Waals surface area (Å²) in [5.41, 5.74) is -0.152. The second-order valence-electron chi connectivity index (χ2n) is 5.30. The lowest BCUT2D eigenvalue weighted by Crippen LogP contribution is -2.45. The van der Waals surface area contributed by atoms with E-state index < -0.39 is 0 Å². The van der Waals surface area contributed by atoms with Crippen LogP contribution in [0.1, 0.15) is 36.2 Å². The molecular weight excluding hydrogens is 312 g/mol. The van der Waals surface area contributed by atoms with Gasteiger partial charge < -0.3 is 13.9 Å². The zero-order valence-electron chi connectivity index (χ0n) is 10.7. The van der Waals surface area contributed by atoms with Crippen molar-refractivity contribution in [2.45, 2.75) is 31.3 Å². The maximum atomic E-state index is 12.4. The van der Waals surface area contributed by atoms with E-state index >= 15 is 0 Å². The topological polar surface area (TPSA) is 48.7 Å². The van der Waals surface area contributed by atoms with Gasteiger partial charge in [-0.15, -0.1) is 0 Å². The Balaban J connectivity index is 1.72. The van der Waals surface area contributed by atoms with Gasteiger partial charge in [0.05, 0.1) is 5.60 Å². The summed E-state index contributed by atoms with van der Waals surface area (Å²) in [6.07, 6.45) is 3.34. The minimum atomic E-state index is -0.152. The maximum absolute atomic E-state index is 12.4. The average molecular weight is 329 g/mol. The molecule has 0 aromatic carbocycles. The highest BCUT2D eigenvalue weighted by Gasteiger charge is 2.41. The second kappa shape index (κ2) is 5.38. The molecule has 2 aliphatic heterocycles. The third-order valence-electron chi connectivity index (χ3n) is 4.08. The number of ether oxygens (including phenoxy) is 2. The molecule has 1 aromatic rings. The molecule has 1 unspecified atom stereocenters. The van der Waals surface area contributed by atoms with E-state index in [1.54, 1.807) is 12.1 Å². The Morgan fingerprint density at radius 3 is 2.74 bits per heavy atom. The van der Waals surface area contributed by atoms with Crippen LogP contribution < -0.4 is 0 Å². The molecule has 0 saturated carbocycles. The Hall–Kier alpha value is -0.650. The molecule has 1 atom stereocenters. The molecule has 104 valence electrons. The monoisotopic (exact) mass is 328 g/mol. The molecule has 1 spiro atoms. The van der Waals surface area contributed by atoms with Gasteiger partial charge in [-0.25, -0.2) is 0 Å². The fourth-order valence-corrected chi connectivity index (χ4v) is 3.30. The van der Waals surface area contributed by atoms with E-state index in [0.29, 0.717) is 17.0 Å². The van der Waals surface area contributed by atoms with Gasteiger partial charge in [-0.3, -0.25) is 4.79 Å². The largest absolute Gasteiger partial charge is 0.446 e. The van der Waals surface area contributed by atoms with Crippen molar-refractivity contribution in [2.24, 2.45) is 5.92 Å². The SMILES string of the molecule is O=C(c1ccc(Br)o1)C1CCOC2(CCOCC2)C1. The molecule has 19 heavy (non-hydrogen) atoms. The van der Waals surface area contributed by atoms with Crippen LogP contribution in [0.15, 0.2) is 21.2 Å². The van der Waals surface area contributed by atoms with Crippen LogP contribution in [0.5, 0.6) is 0 Å². The quantitative estimate of drug-likeness (QED) is 0.782. The van der Waals surface area contributed by atoms with Crippen molar-refractivity contribution in [1.29, 1.82) is 0 Å². The van der Waals surface area contributed by atoms with E-state index in [1.807, 2.05) is 0 Å². The summed E-state index contributed by atoms with van der Waals surface area (Å²) in [4.78, 5) is 12.4. The van der Waals surface area contributed by atoms with Gasteiger partial charge in [-0.05, 0) is 53.7 Å². The summed E-state index contributed by atoms with van der Waals surface area (Å²) in [6, 6.07) is 3.50. The molecule has 0 N–H and O–H groups in total. The lowest BCUT2D eigenvalue weighted by atomic mass is 9.79. The van der Waals surface area contributed by atoms with Crippen molar-refractivity contribution in [1.82, 2.24) is 0 Å². The van der Waals surface area contributed by atoms with Gasteiger partial charge >= 0.3 is 0 Å². The fraction of sp³-hybridized carbons (Fsp3) is 0.643. The first-order chi connectivity index (χ1) is 9.19. The maximum Gasteiger partial charge on any atom is 0.201 e. The van der Waals surface area contributed by atoms with Gasteiger partial charge in [0.1, 0.15) is 0 Å². The third-order valence-corrected chi connectivity index (χ3v) is 4.51. The lowest BCUT2D eigenvalue weighted by molar-refractivity contribution is -0.142. The summed E-state index contributed by atoms with van der Waals surface area (Å²) in [7, 11) is 0. The Labute approximate surface area is 120 Å². The summed E-state index contributed by atoms with van der Waals surface area (Å²) in [5, 5.41) is 0. The molecule has 3 heterocycles. The second-order valence-corrected chi connectivity index (χ2v) is 6.08. The molecule has 2 aliphatic rings. The fourth-order valence-electron chi connectivity index (χ4n) is 2.99. The van der Waals surface area contributed by atoms with Crippen LogP contribution in [-0.4, -0.2) is 31.2 Å². The van der Waals surface area contributed by atoms with E-state index in [4.69, 9.17) is 13.9 Å². The van der Waals surface area contributed by atoms with Crippen molar-refractivity contribution in [3.05, 3.63) is 22.6 Å². The van der Waals surface area contributed by atoms with Crippen LogP contribution in [0.4, 0.5) is 0 Å². The van der Waals surface area contributed by atoms with Crippen LogP contribution >= 0.6 is 15.9 Å². The summed E-state index contributed by atoms with van der Waals surface area (Å²) in [6.45, 7) is 2.11. The molecule has 5 heteroatoms. The average Bonchev–Trinajstić information content (AvgIpc) is 2.85. The summed E-state index contributed by atoms with van der Waals surface area (Å²) >= 11 is 3.23. The van der Waals surface area contributed by atoms with Gasteiger partial charge in [0.2, 0.25) is 5.78 Å². The standard InChI is InChI=1S/C14H17BrO4/c15-12-2-1-11(19-12)13(16)10-3-6-18-14(9-10)4-7-17-8-5-14/h1-2,10H,3-9H2. The van der Waals surface area contributed by atoms with Gasteiger partial charge in [-0.1, -0.05) is 0 Å². The van der Waals surface area contributed by atoms with Crippen LogP contribution in [0.25, 0.3) is 0 Å². The molecule has 0 aliphatic carbocycles. The third kappa shape index (κ3) is 2.78. The van der Waals surface area contributed by atoms with Gasteiger partial charge in [-0.2, -0.15) is 0 Å².